The Kier molecular flexibility index (Phi) is 5.40. The molecule has 2 N–H and O–H groups in total. The van der Waals surface area contributed by atoms with E-state index in [0.717, 1.165) is 12.1 Å². The van der Waals surface area contributed by atoms with E-state index in [1.165, 1.54) is 23.0 Å². The van der Waals surface area contributed by atoms with Gasteiger partial charge in [0.15, 0.2) is 5.82 Å². The Morgan fingerprint density at radius 2 is 1.96 bits per heavy atom. The summed E-state index contributed by atoms with van der Waals surface area (Å²) in [6.07, 6.45) is -3.14. The number of alkyl halides is 3. The first-order valence-corrected chi connectivity index (χ1v) is 7.33. The lowest BCUT2D eigenvalue weighted by Gasteiger charge is -2.09. The Hall–Kier alpha value is -2.91. The number of amides is 2. The first kappa shape index (κ1) is 18.4. The minimum absolute atomic E-state index is 0.0216. The van der Waals surface area contributed by atoms with Crippen molar-refractivity contribution in [3.63, 3.8) is 0 Å². The molecule has 0 spiro atoms. The van der Waals surface area contributed by atoms with Crippen LogP contribution in [0.1, 0.15) is 19.4 Å². The Morgan fingerprint density at radius 3 is 2.60 bits per heavy atom. The van der Waals surface area contributed by atoms with E-state index < -0.39 is 17.6 Å². The molecule has 1 aromatic carbocycles. The van der Waals surface area contributed by atoms with Gasteiger partial charge in [-0.1, -0.05) is 25.1 Å². The lowest BCUT2D eigenvalue weighted by molar-refractivity contribution is -0.137. The molecule has 1 heterocycles. The lowest BCUT2D eigenvalue weighted by Crippen LogP contribution is -2.19. The molecule has 0 unspecified atom stereocenters. The summed E-state index contributed by atoms with van der Waals surface area (Å²) >= 11 is 0. The van der Waals surface area contributed by atoms with Crippen LogP contribution in [0, 0.1) is 5.92 Å². The van der Waals surface area contributed by atoms with Gasteiger partial charge >= 0.3 is 6.18 Å². The number of nitrogens with zero attached hydrogens (tertiary/aromatic N) is 3. The molecule has 0 bridgehead atoms. The number of anilines is 2. The van der Waals surface area contributed by atoms with Gasteiger partial charge < -0.3 is 10.6 Å². The number of rotatable bonds is 5. The second-order valence-corrected chi connectivity index (χ2v) is 5.57. The van der Waals surface area contributed by atoms with Crippen molar-refractivity contribution in [3.8, 4) is 0 Å². The van der Waals surface area contributed by atoms with Crippen LogP contribution < -0.4 is 10.6 Å². The van der Waals surface area contributed by atoms with E-state index in [4.69, 9.17) is 0 Å². The predicted octanol–water partition coefficient (Wildman–Crippen LogP) is 2.53. The number of hydrogen-bond acceptors (Lipinski definition) is 4. The van der Waals surface area contributed by atoms with Crippen LogP contribution in [0.15, 0.2) is 30.5 Å². The van der Waals surface area contributed by atoms with E-state index in [2.05, 4.69) is 20.9 Å². The molecule has 2 aromatic rings. The number of halogens is 3. The summed E-state index contributed by atoms with van der Waals surface area (Å²) in [5.41, 5.74) is -0.835. The van der Waals surface area contributed by atoms with Gasteiger partial charge in [0, 0.05) is 11.6 Å². The Balaban J connectivity index is 1.97. The molecule has 10 heteroatoms. The molecular weight excluding hydrogens is 339 g/mol. The van der Waals surface area contributed by atoms with Gasteiger partial charge in [-0.25, -0.2) is 4.68 Å². The Morgan fingerprint density at radius 1 is 1.24 bits per heavy atom. The summed E-state index contributed by atoms with van der Waals surface area (Å²) in [4.78, 5) is 23.5. The Bertz CT molecular complexity index is 771. The summed E-state index contributed by atoms with van der Waals surface area (Å²) in [5, 5.41) is 12.3. The third-order valence-electron chi connectivity index (χ3n) is 3.09. The molecule has 0 radical (unpaired) electrons. The minimum atomic E-state index is -4.49. The Labute approximate surface area is 141 Å². The molecule has 0 atom stereocenters. The molecule has 0 aliphatic rings. The fourth-order valence-corrected chi connectivity index (χ4v) is 1.82. The SMILES string of the molecule is CC(C)C(=O)Nc1cn(CC(=O)Nc2cccc(C(F)(F)F)c2)nn1. The average molecular weight is 355 g/mol. The number of hydrogen-bond donors (Lipinski definition) is 2. The van der Waals surface area contributed by atoms with Gasteiger partial charge in [0.1, 0.15) is 6.54 Å². The predicted molar refractivity (Wildman–Crippen MR) is 83.6 cm³/mol. The standard InChI is InChI=1S/C15H16F3N5O2/c1-9(2)14(25)20-12-7-23(22-21-12)8-13(24)19-11-5-3-4-10(6-11)15(16,17)18/h3-7,9H,8H2,1-2H3,(H,19,24)(H,20,25). The number of benzene rings is 1. The summed E-state index contributed by atoms with van der Waals surface area (Å²) < 4.78 is 39.1. The maximum atomic E-state index is 12.6. The number of carbonyl (C=O) groups excluding carboxylic acids is 2. The normalized spacial score (nSPS) is 11.4. The lowest BCUT2D eigenvalue weighted by atomic mass is 10.2. The highest BCUT2D eigenvalue weighted by atomic mass is 19.4. The van der Waals surface area contributed by atoms with Crippen LogP contribution >= 0.6 is 0 Å². The van der Waals surface area contributed by atoms with Gasteiger partial charge in [-0.3, -0.25) is 9.59 Å². The monoisotopic (exact) mass is 355 g/mol. The molecule has 25 heavy (non-hydrogen) atoms. The highest BCUT2D eigenvalue weighted by molar-refractivity contribution is 5.91. The molecule has 0 aliphatic heterocycles. The highest BCUT2D eigenvalue weighted by Crippen LogP contribution is 2.30. The van der Waals surface area contributed by atoms with Crippen molar-refractivity contribution in [1.29, 1.82) is 0 Å². The summed E-state index contributed by atoms with van der Waals surface area (Å²) in [6.45, 7) is 3.16. The third kappa shape index (κ3) is 5.30. The molecule has 0 saturated heterocycles. The zero-order valence-corrected chi connectivity index (χ0v) is 13.5. The van der Waals surface area contributed by atoms with Crippen molar-refractivity contribution in [2.24, 2.45) is 5.92 Å². The molecule has 0 fully saturated rings. The average Bonchev–Trinajstić information content (AvgIpc) is 2.93. The summed E-state index contributed by atoms with van der Waals surface area (Å²) in [7, 11) is 0. The smallest absolute Gasteiger partial charge is 0.324 e. The molecule has 1 aromatic heterocycles. The third-order valence-corrected chi connectivity index (χ3v) is 3.09. The van der Waals surface area contributed by atoms with Crippen LogP contribution in [-0.4, -0.2) is 26.8 Å². The van der Waals surface area contributed by atoms with Crippen molar-refractivity contribution in [2.75, 3.05) is 10.6 Å². The van der Waals surface area contributed by atoms with Crippen molar-refractivity contribution in [2.45, 2.75) is 26.6 Å². The van der Waals surface area contributed by atoms with Crippen molar-refractivity contribution < 1.29 is 22.8 Å². The maximum absolute atomic E-state index is 12.6. The van der Waals surface area contributed by atoms with Crippen LogP contribution in [0.2, 0.25) is 0 Å². The topological polar surface area (TPSA) is 88.9 Å². The van der Waals surface area contributed by atoms with Gasteiger partial charge in [-0.15, -0.1) is 5.10 Å². The van der Waals surface area contributed by atoms with E-state index in [-0.39, 0.29) is 29.9 Å². The van der Waals surface area contributed by atoms with Gasteiger partial charge in [0.2, 0.25) is 11.8 Å². The van der Waals surface area contributed by atoms with Crippen molar-refractivity contribution in [1.82, 2.24) is 15.0 Å². The quantitative estimate of drug-likeness (QED) is 0.863. The number of aromatic nitrogens is 3. The van der Waals surface area contributed by atoms with Crippen LogP contribution in [0.25, 0.3) is 0 Å². The van der Waals surface area contributed by atoms with Gasteiger partial charge in [-0.05, 0) is 18.2 Å². The molecule has 2 rings (SSSR count). The zero-order valence-electron chi connectivity index (χ0n) is 13.5. The first-order chi connectivity index (χ1) is 11.6. The molecule has 134 valence electrons. The second kappa shape index (κ2) is 7.32. The van der Waals surface area contributed by atoms with Crippen LogP contribution in [0.4, 0.5) is 24.7 Å². The van der Waals surface area contributed by atoms with E-state index in [1.54, 1.807) is 13.8 Å². The van der Waals surface area contributed by atoms with E-state index in [1.807, 2.05) is 0 Å². The van der Waals surface area contributed by atoms with E-state index in [0.29, 0.717) is 0 Å². The summed E-state index contributed by atoms with van der Waals surface area (Å²) in [5.74, 6) is -0.883. The largest absolute Gasteiger partial charge is 0.416 e. The molecule has 2 amide bonds. The van der Waals surface area contributed by atoms with Crippen molar-refractivity contribution in [3.05, 3.63) is 36.0 Å². The molecule has 7 nitrogen and oxygen atoms in total. The molecular formula is C15H16F3N5O2. The zero-order chi connectivity index (χ0) is 18.6. The second-order valence-electron chi connectivity index (χ2n) is 5.57. The minimum Gasteiger partial charge on any atom is -0.324 e. The number of carbonyl (C=O) groups is 2. The fourth-order valence-electron chi connectivity index (χ4n) is 1.82. The van der Waals surface area contributed by atoms with Gasteiger partial charge in [0.05, 0.1) is 11.8 Å². The molecule has 0 aliphatic carbocycles. The van der Waals surface area contributed by atoms with Crippen molar-refractivity contribution >= 4 is 23.3 Å². The van der Waals surface area contributed by atoms with Gasteiger partial charge in [0.25, 0.3) is 0 Å². The maximum Gasteiger partial charge on any atom is 0.416 e. The van der Waals surface area contributed by atoms with E-state index >= 15 is 0 Å². The van der Waals surface area contributed by atoms with E-state index in [9.17, 15) is 22.8 Å². The van der Waals surface area contributed by atoms with Crippen LogP contribution in [0.3, 0.4) is 0 Å². The molecule has 0 saturated carbocycles. The first-order valence-electron chi connectivity index (χ1n) is 7.33. The van der Waals surface area contributed by atoms with Gasteiger partial charge in [-0.2, -0.15) is 13.2 Å². The highest BCUT2D eigenvalue weighted by Gasteiger charge is 2.30. The summed E-state index contributed by atoms with van der Waals surface area (Å²) in [6, 6.07) is 4.31. The van der Waals surface area contributed by atoms with Crippen LogP contribution in [-0.2, 0) is 22.3 Å². The number of nitrogens with one attached hydrogen (secondary N) is 2. The fraction of sp³-hybridized carbons (Fsp3) is 0.333. The van der Waals surface area contributed by atoms with Crippen LogP contribution in [0.5, 0.6) is 0 Å².